The third kappa shape index (κ3) is 8.79. The summed E-state index contributed by atoms with van der Waals surface area (Å²) in [6, 6.07) is 32.3. The van der Waals surface area contributed by atoms with E-state index in [0.29, 0.717) is 44.5 Å². The molecule has 5 rings (SSSR count). The Kier molecular flexibility index (Phi) is 11.1. The van der Waals surface area contributed by atoms with Crippen LogP contribution >= 0.6 is 0 Å². The Morgan fingerprint density at radius 2 is 1.61 bits per heavy atom. The number of hydrogen-bond donors (Lipinski definition) is 4. The van der Waals surface area contributed by atoms with E-state index in [1.54, 1.807) is 0 Å². The normalized spacial score (nSPS) is 17.2. The van der Waals surface area contributed by atoms with Gasteiger partial charge in [-0.25, -0.2) is 0 Å². The van der Waals surface area contributed by atoms with Crippen LogP contribution in [-0.2, 0) is 16.0 Å². The number of Topliss-reactive ketones (excluding diaryl/α,β-unsaturated/α-hetero) is 1. The molecule has 0 spiro atoms. The summed E-state index contributed by atoms with van der Waals surface area (Å²) in [6.07, 6.45) is 2.00. The lowest BCUT2D eigenvalue weighted by atomic mass is 9.90. The number of nitrogens with one attached hydrogen (secondary N) is 2. The molecular weight excluding hydrogens is 576 g/mol. The van der Waals surface area contributed by atoms with Crippen LogP contribution in [0.2, 0.25) is 0 Å². The maximum atomic E-state index is 14.0. The highest BCUT2D eigenvalue weighted by Gasteiger charge is 2.33. The Bertz CT molecular complexity index is 1660. The molecule has 1 aliphatic heterocycles. The second kappa shape index (κ2) is 15.8. The van der Waals surface area contributed by atoms with Crippen molar-refractivity contribution in [1.82, 2.24) is 15.5 Å². The summed E-state index contributed by atoms with van der Waals surface area (Å²) in [5.41, 5.74) is 13.4. The van der Waals surface area contributed by atoms with Gasteiger partial charge in [0.25, 0.3) is 5.91 Å². The van der Waals surface area contributed by atoms with Gasteiger partial charge in [-0.15, -0.1) is 0 Å². The van der Waals surface area contributed by atoms with Crippen molar-refractivity contribution < 1.29 is 14.4 Å². The minimum atomic E-state index is -0.514. The van der Waals surface area contributed by atoms with E-state index < -0.39 is 12.0 Å². The Hall–Kier alpha value is -5.02. The van der Waals surface area contributed by atoms with Crippen molar-refractivity contribution in [1.29, 1.82) is 0 Å². The van der Waals surface area contributed by atoms with Crippen molar-refractivity contribution in [3.8, 4) is 0 Å². The maximum Gasteiger partial charge on any atom is 0.251 e. The largest absolute Gasteiger partial charge is 0.370 e. The highest BCUT2D eigenvalue weighted by atomic mass is 16.2. The molecule has 0 aliphatic carbocycles. The van der Waals surface area contributed by atoms with Crippen LogP contribution in [0.5, 0.6) is 0 Å². The SMILES string of the molecule is NC(N)=NCCC[C@@H]1N[C@H](CNC(=O)c2ccc3ccccc3c2)CCN(C[C@@H](C(=O)Cc2ccccc2)c2ccccc2)C1=O. The lowest BCUT2D eigenvalue weighted by molar-refractivity contribution is -0.133. The van der Waals surface area contributed by atoms with Gasteiger partial charge in [0.05, 0.1) is 12.0 Å². The first kappa shape index (κ1) is 32.4. The Labute approximate surface area is 270 Å². The molecule has 46 heavy (non-hydrogen) atoms. The van der Waals surface area contributed by atoms with Crippen molar-refractivity contribution in [2.75, 3.05) is 26.2 Å². The number of hydrogen-bond acceptors (Lipinski definition) is 5. The second-order valence-corrected chi connectivity index (χ2v) is 11.8. The fourth-order valence-electron chi connectivity index (χ4n) is 6.00. The predicted octanol–water partition coefficient (Wildman–Crippen LogP) is 3.78. The number of amides is 2. The van der Waals surface area contributed by atoms with Gasteiger partial charge in [0.15, 0.2) is 5.96 Å². The second-order valence-electron chi connectivity index (χ2n) is 11.8. The smallest absolute Gasteiger partial charge is 0.251 e. The van der Waals surface area contributed by atoms with E-state index in [4.69, 9.17) is 11.5 Å². The molecule has 0 bridgehead atoms. The fraction of sp³-hybridized carbons (Fsp3) is 0.297. The molecular formula is C37H42N6O3. The van der Waals surface area contributed by atoms with Crippen molar-refractivity contribution in [2.45, 2.75) is 43.7 Å². The van der Waals surface area contributed by atoms with E-state index in [-0.39, 0.29) is 42.6 Å². The molecule has 3 atom stereocenters. The summed E-state index contributed by atoms with van der Waals surface area (Å²) >= 11 is 0. The number of nitrogens with zero attached hydrogens (tertiary/aromatic N) is 2. The first-order valence-electron chi connectivity index (χ1n) is 15.9. The van der Waals surface area contributed by atoms with Gasteiger partial charge in [0.2, 0.25) is 5.91 Å². The summed E-state index contributed by atoms with van der Waals surface area (Å²) in [6.45, 7) is 1.48. The Morgan fingerprint density at radius 1 is 0.913 bits per heavy atom. The van der Waals surface area contributed by atoms with Crippen molar-refractivity contribution in [3.63, 3.8) is 0 Å². The third-order valence-electron chi connectivity index (χ3n) is 8.47. The van der Waals surface area contributed by atoms with Gasteiger partial charge in [0.1, 0.15) is 5.78 Å². The molecule has 9 heteroatoms. The van der Waals surface area contributed by atoms with E-state index >= 15 is 0 Å². The number of benzene rings is 4. The van der Waals surface area contributed by atoms with Crippen LogP contribution < -0.4 is 22.1 Å². The molecule has 0 radical (unpaired) electrons. The monoisotopic (exact) mass is 618 g/mol. The molecule has 1 aliphatic rings. The zero-order valence-electron chi connectivity index (χ0n) is 26.0. The number of rotatable bonds is 13. The third-order valence-corrected chi connectivity index (χ3v) is 8.47. The molecule has 4 aromatic carbocycles. The number of guanidine groups is 1. The molecule has 0 aromatic heterocycles. The van der Waals surface area contributed by atoms with Crippen LogP contribution in [0.3, 0.4) is 0 Å². The van der Waals surface area contributed by atoms with Gasteiger partial charge in [0, 0.05) is 44.2 Å². The first-order chi connectivity index (χ1) is 22.4. The first-order valence-corrected chi connectivity index (χ1v) is 15.9. The summed E-state index contributed by atoms with van der Waals surface area (Å²) in [7, 11) is 0. The van der Waals surface area contributed by atoms with Crippen molar-refractivity contribution in [2.24, 2.45) is 16.5 Å². The quantitative estimate of drug-likeness (QED) is 0.102. The highest BCUT2D eigenvalue weighted by Crippen LogP contribution is 2.23. The molecule has 9 nitrogen and oxygen atoms in total. The molecule has 238 valence electrons. The van der Waals surface area contributed by atoms with E-state index in [9.17, 15) is 14.4 Å². The van der Waals surface area contributed by atoms with Crippen LogP contribution in [0.15, 0.2) is 108 Å². The zero-order valence-corrected chi connectivity index (χ0v) is 26.0. The van der Waals surface area contributed by atoms with E-state index in [1.807, 2.05) is 108 Å². The molecule has 0 saturated carbocycles. The van der Waals surface area contributed by atoms with Gasteiger partial charge in [-0.2, -0.15) is 0 Å². The van der Waals surface area contributed by atoms with Gasteiger partial charge in [-0.3, -0.25) is 19.4 Å². The molecule has 6 N–H and O–H groups in total. The van der Waals surface area contributed by atoms with Gasteiger partial charge >= 0.3 is 0 Å². The van der Waals surface area contributed by atoms with Crippen molar-refractivity contribution >= 4 is 34.3 Å². The lowest BCUT2D eigenvalue weighted by Crippen LogP contribution is -2.49. The number of carbonyl (C=O) groups excluding carboxylic acids is 3. The van der Waals surface area contributed by atoms with Gasteiger partial charge in [-0.1, -0.05) is 91.0 Å². The van der Waals surface area contributed by atoms with E-state index in [1.165, 1.54) is 0 Å². The van der Waals surface area contributed by atoms with Gasteiger partial charge in [-0.05, 0) is 53.3 Å². The summed E-state index contributed by atoms with van der Waals surface area (Å²) in [5, 5.41) is 8.64. The van der Waals surface area contributed by atoms with E-state index in [0.717, 1.165) is 21.9 Å². The van der Waals surface area contributed by atoms with E-state index in [2.05, 4.69) is 15.6 Å². The minimum Gasteiger partial charge on any atom is -0.370 e. The summed E-state index contributed by atoms with van der Waals surface area (Å²) < 4.78 is 0. The highest BCUT2D eigenvalue weighted by molar-refractivity contribution is 5.98. The summed E-state index contributed by atoms with van der Waals surface area (Å²) in [4.78, 5) is 46.8. The average Bonchev–Trinajstić information content (AvgIpc) is 3.22. The van der Waals surface area contributed by atoms with Crippen LogP contribution in [0, 0.1) is 0 Å². The van der Waals surface area contributed by atoms with Crippen LogP contribution in [0.25, 0.3) is 10.8 Å². The number of aliphatic imine (C=N–C) groups is 1. The van der Waals surface area contributed by atoms with Gasteiger partial charge < -0.3 is 27.0 Å². The van der Waals surface area contributed by atoms with Crippen molar-refractivity contribution in [3.05, 3.63) is 120 Å². The Balaban J connectivity index is 1.31. The maximum absolute atomic E-state index is 14.0. The van der Waals surface area contributed by atoms with Crippen LogP contribution in [-0.4, -0.2) is 66.7 Å². The number of carbonyl (C=O) groups is 3. The van der Waals surface area contributed by atoms with Crippen LogP contribution in [0.4, 0.5) is 0 Å². The van der Waals surface area contributed by atoms with Crippen LogP contribution in [0.1, 0.15) is 46.7 Å². The predicted molar refractivity (Wildman–Crippen MR) is 182 cm³/mol. The molecule has 4 aromatic rings. The molecule has 1 heterocycles. The molecule has 0 unspecified atom stereocenters. The lowest BCUT2D eigenvalue weighted by Gasteiger charge is -2.28. The number of nitrogens with two attached hydrogens (primary N) is 2. The summed E-state index contributed by atoms with van der Waals surface area (Å²) in [5.74, 6) is -0.636. The zero-order chi connectivity index (χ0) is 32.3. The molecule has 1 fully saturated rings. The average molecular weight is 619 g/mol. The number of ketones is 1. The fourth-order valence-corrected chi connectivity index (χ4v) is 6.00. The standard InChI is InChI=1S/C37H42N6O3/c38-37(39)40-20-9-16-33-36(46)43(25-32(28-13-5-2-6-14-28)34(44)22-26-10-3-1-4-11-26)21-19-31(42-33)24-41-35(45)30-18-17-27-12-7-8-15-29(27)23-30/h1-8,10-15,17-18,23,31-33,42H,9,16,19-22,24-25H2,(H,41,45)(H4,38,39,40)/t31-,32+,33-/m0/s1. The minimum absolute atomic E-state index is 0.0127. The Morgan fingerprint density at radius 3 is 2.35 bits per heavy atom. The molecule has 2 amide bonds. The number of fused-ring (bicyclic) bond motifs is 1. The molecule has 1 saturated heterocycles. The topological polar surface area (TPSA) is 143 Å².